The largest absolute Gasteiger partial charge is 0.418 e. The summed E-state index contributed by atoms with van der Waals surface area (Å²) >= 11 is 1.43. The standard InChI is InChI=1S/C21H14F4N2OS/c22-14-7-5-13(6-8-14)12-27-17-9-10-29-19(17)11-18(27)20(28)26-16-4-2-1-3-15(16)21(23,24)25/h1-11H,12H2,(H,26,28). The Morgan fingerprint density at radius 2 is 1.76 bits per heavy atom. The monoisotopic (exact) mass is 418 g/mol. The Labute approximate surface area is 167 Å². The molecule has 29 heavy (non-hydrogen) atoms. The van der Waals surface area contributed by atoms with Crippen LogP contribution in [0.4, 0.5) is 23.2 Å². The quantitative estimate of drug-likeness (QED) is 0.396. The van der Waals surface area contributed by atoms with E-state index in [4.69, 9.17) is 0 Å². The number of nitrogens with one attached hydrogen (secondary N) is 1. The van der Waals surface area contributed by atoms with Gasteiger partial charge in [0, 0.05) is 6.54 Å². The van der Waals surface area contributed by atoms with Crippen LogP contribution in [0.3, 0.4) is 0 Å². The SMILES string of the molecule is O=C(Nc1ccccc1C(F)(F)F)c1cc2sccc2n1Cc1ccc(F)cc1. The Bertz CT molecular complexity index is 1180. The number of benzene rings is 2. The summed E-state index contributed by atoms with van der Waals surface area (Å²) in [5.74, 6) is -1.02. The van der Waals surface area contributed by atoms with Gasteiger partial charge in [0.05, 0.1) is 21.5 Å². The molecule has 4 rings (SSSR count). The normalized spacial score (nSPS) is 11.7. The third-order valence-corrected chi connectivity index (χ3v) is 5.34. The second-order valence-electron chi connectivity index (χ2n) is 6.41. The van der Waals surface area contributed by atoms with Gasteiger partial charge in [0.15, 0.2) is 0 Å². The zero-order valence-electron chi connectivity index (χ0n) is 14.8. The first kappa shape index (κ1) is 19.2. The van der Waals surface area contributed by atoms with Crippen molar-refractivity contribution in [3.63, 3.8) is 0 Å². The van der Waals surface area contributed by atoms with E-state index < -0.39 is 17.6 Å². The number of aromatic nitrogens is 1. The van der Waals surface area contributed by atoms with Crippen LogP contribution >= 0.6 is 11.3 Å². The lowest BCUT2D eigenvalue weighted by Gasteiger charge is -2.15. The molecule has 8 heteroatoms. The van der Waals surface area contributed by atoms with Crippen molar-refractivity contribution in [1.29, 1.82) is 0 Å². The van der Waals surface area contributed by atoms with Crippen molar-refractivity contribution < 1.29 is 22.4 Å². The Morgan fingerprint density at radius 3 is 2.48 bits per heavy atom. The lowest BCUT2D eigenvalue weighted by molar-refractivity contribution is -0.136. The number of hydrogen-bond acceptors (Lipinski definition) is 2. The summed E-state index contributed by atoms with van der Waals surface area (Å²) in [6.45, 7) is 0.282. The molecule has 0 aliphatic heterocycles. The molecule has 0 radical (unpaired) electrons. The maximum absolute atomic E-state index is 13.2. The Hall–Kier alpha value is -3.13. The maximum atomic E-state index is 13.2. The third-order valence-electron chi connectivity index (χ3n) is 4.49. The number of para-hydroxylation sites is 1. The topological polar surface area (TPSA) is 34.0 Å². The van der Waals surface area contributed by atoms with Crippen LogP contribution in [0.1, 0.15) is 21.6 Å². The zero-order valence-corrected chi connectivity index (χ0v) is 15.7. The fourth-order valence-electron chi connectivity index (χ4n) is 3.13. The smallest absolute Gasteiger partial charge is 0.331 e. The van der Waals surface area contributed by atoms with Gasteiger partial charge in [0.1, 0.15) is 11.5 Å². The van der Waals surface area contributed by atoms with E-state index in [1.807, 2.05) is 11.4 Å². The minimum atomic E-state index is -4.58. The van der Waals surface area contributed by atoms with Crippen molar-refractivity contribution in [3.05, 3.63) is 88.7 Å². The first-order valence-corrected chi connectivity index (χ1v) is 9.49. The first-order valence-electron chi connectivity index (χ1n) is 8.61. The average molecular weight is 418 g/mol. The zero-order chi connectivity index (χ0) is 20.6. The van der Waals surface area contributed by atoms with Crippen molar-refractivity contribution in [3.8, 4) is 0 Å². The van der Waals surface area contributed by atoms with E-state index in [1.165, 1.54) is 41.7 Å². The van der Waals surface area contributed by atoms with Gasteiger partial charge in [-0.05, 0) is 47.3 Å². The molecule has 4 aromatic rings. The molecule has 0 aliphatic rings. The Kier molecular flexibility index (Phi) is 4.87. The Balaban J connectivity index is 1.70. The van der Waals surface area contributed by atoms with Crippen LogP contribution < -0.4 is 5.32 Å². The number of hydrogen-bond donors (Lipinski definition) is 1. The van der Waals surface area contributed by atoms with Gasteiger partial charge >= 0.3 is 6.18 Å². The average Bonchev–Trinajstić information content (AvgIpc) is 3.26. The van der Waals surface area contributed by atoms with E-state index in [-0.39, 0.29) is 23.7 Å². The molecular formula is C21H14F4N2OS. The molecule has 0 unspecified atom stereocenters. The fourth-order valence-corrected chi connectivity index (χ4v) is 3.96. The number of rotatable bonds is 4. The molecular weight excluding hydrogens is 404 g/mol. The van der Waals surface area contributed by atoms with Gasteiger partial charge in [-0.3, -0.25) is 4.79 Å². The first-order chi connectivity index (χ1) is 13.8. The van der Waals surface area contributed by atoms with Gasteiger partial charge in [-0.1, -0.05) is 24.3 Å². The number of alkyl halides is 3. The van der Waals surface area contributed by atoms with Gasteiger partial charge < -0.3 is 9.88 Å². The summed E-state index contributed by atoms with van der Waals surface area (Å²) in [4.78, 5) is 12.9. The summed E-state index contributed by atoms with van der Waals surface area (Å²) in [7, 11) is 0. The minimum Gasteiger partial charge on any atom is -0.331 e. The number of thiophene rings is 1. The number of carbonyl (C=O) groups is 1. The summed E-state index contributed by atoms with van der Waals surface area (Å²) in [6.07, 6.45) is -4.58. The van der Waals surface area contributed by atoms with Crippen LogP contribution in [-0.2, 0) is 12.7 Å². The van der Waals surface area contributed by atoms with Crippen LogP contribution in [0.2, 0.25) is 0 Å². The molecule has 0 saturated heterocycles. The molecule has 2 heterocycles. The number of fused-ring (bicyclic) bond motifs is 1. The van der Waals surface area contributed by atoms with Crippen LogP contribution in [0.25, 0.3) is 10.2 Å². The van der Waals surface area contributed by atoms with Gasteiger partial charge in [0.25, 0.3) is 5.91 Å². The van der Waals surface area contributed by atoms with Crippen LogP contribution in [0.15, 0.2) is 66.0 Å². The number of carbonyl (C=O) groups excluding carboxylic acids is 1. The molecule has 0 saturated carbocycles. The van der Waals surface area contributed by atoms with Gasteiger partial charge in [-0.2, -0.15) is 13.2 Å². The van der Waals surface area contributed by atoms with E-state index in [0.29, 0.717) is 0 Å². The summed E-state index contributed by atoms with van der Waals surface area (Å²) in [5.41, 5.74) is 0.566. The van der Waals surface area contributed by atoms with E-state index in [0.717, 1.165) is 21.8 Å². The molecule has 1 amide bonds. The summed E-state index contributed by atoms with van der Waals surface area (Å²) in [5, 5.41) is 4.25. The van der Waals surface area contributed by atoms with E-state index in [1.54, 1.807) is 22.8 Å². The van der Waals surface area contributed by atoms with Crippen molar-refractivity contribution >= 4 is 33.1 Å². The maximum Gasteiger partial charge on any atom is 0.418 e. The predicted molar refractivity (Wildman–Crippen MR) is 105 cm³/mol. The molecule has 148 valence electrons. The number of nitrogens with zero attached hydrogens (tertiary/aromatic N) is 1. The number of anilines is 1. The fraction of sp³-hybridized carbons (Fsp3) is 0.0952. The van der Waals surface area contributed by atoms with Crippen LogP contribution in [0.5, 0.6) is 0 Å². The molecule has 0 bridgehead atoms. The predicted octanol–water partition coefficient (Wildman–Crippen LogP) is 6.16. The number of amides is 1. The lowest BCUT2D eigenvalue weighted by Crippen LogP contribution is -2.20. The third kappa shape index (κ3) is 3.88. The molecule has 2 aromatic heterocycles. The van der Waals surface area contributed by atoms with E-state index in [2.05, 4.69) is 5.32 Å². The van der Waals surface area contributed by atoms with E-state index in [9.17, 15) is 22.4 Å². The van der Waals surface area contributed by atoms with Crippen molar-refractivity contribution in [2.24, 2.45) is 0 Å². The molecule has 3 nitrogen and oxygen atoms in total. The second-order valence-corrected chi connectivity index (χ2v) is 7.36. The molecule has 0 fully saturated rings. The highest BCUT2D eigenvalue weighted by Gasteiger charge is 2.33. The minimum absolute atomic E-state index is 0.230. The molecule has 0 spiro atoms. The molecule has 0 aliphatic carbocycles. The van der Waals surface area contributed by atoms with Crippen molar-refractivity contribution in [2.75, 3.05) is 5.32 Å². The van der Waals surface area contributed by atoms with Crippen molar-refractivity contribution in [1.82, 2.24) is 4.57 Å². The highest BCUT2D eigenvalue weighted by Crippen LogP contribution is 2.35. The summed E-state index contributed by atoms with van der Waals surface area (Å²) in [6, 6.07) is 14.2. The van der Waals surface area contributed by atoms with Gasteiger partial charge in [-0.15, -0.1) is 11.3 Å². The Morgan fingerprint density at radius 1 is 1.03 bits per heavy atom. The van der Waals surface area contributed by atoms with E-state index >= 15 is 0 Å². The van der Waals surface area contributed by atoms with Crippen LogP contribution in [-0.4, -0.2) is 10.5 Å². The van der Waals surface area contributed by atoms with Crippen molar-refractivity contribution in [2.45, 2.75) is 12.7 Å². The molecule has 1 N–H and O–H groups in total. The molecule has 0 atom stereocenters. The highest BCUT2D eigenvalue weighted by atomic mass is 32.1. The molecule has 2 aromatic carbocycles. The lowest BCUT2D eigenvalue weighted by atomic mass is 10.1. The second kappa shape index (κ2) is 7.36. The van der Waals surface area contributed by atoms with Crippen LogP contribution in [0, 0.1) is 5.82 Å². The van der Waals surface area contributed by atoms with Gasteiger partial charge in [0.2, 0.25) is 0 Å². The summed E-state index contributed by atoms with van der Waals surface area (Å²) < 4.78 is 55.4. The number of halogens is 4. The van der Waals surface area contributed by atoms with Gasteiger partial charge in [-0.25, -0.2) is 4.39 Å². The highest BCUT2D eigenvalue weighted by molar-refractivity contribution is 7.17.